The molecule has 28 heavy (non-hydrogen) atoms. The predicted molar refractivity (Wildman–Crippen MR) is 107 cm³/mol. The van der Waals surface area contributed by atoms with Crippen LogP contribution < -0.4 is 0 Å². The van der Waals surface area contributed by atoms with Crippen LogP contribution in [0.15, 0.2) is 30.3 Å². The summed E-state index contributed by atoms with van der Waals surface area (Å²) >= 11 is 0. The van der Waals surface area contributed by atoms with E-state index < -0.39 is 0 Å². The average Bonchev–Trinajstić information content (AvgIpc) is 2.97. The van der Waals surface area contributed by atoms with Gasteiger partial charge in [-0.15, -0.1) is 0 Å². The van der Waals surface area contributed by atoms with Gasteiger partial charge in [0.25, 0.3) is 5.91 Å². The molecule has 1 atom stereocenters. The maximum atomic E-state index is 13.2. The molecule has 2 heterocycles. The molecule has 148 valence electrons. The van der Waals surface area contributed by atoms with Crippen LogP contribution in [-0.2, 0) is 0 Å². The van der Waals surface area contributed by atoms with Crippen molar-refractivity contribution in [2.24, 2.45) is 5.92 Å². The maximum Gasteiger partial charge on any atom is 0.255 e. The van der Waals surface area contributed by atoms with Crippen molar-refractivity contribution in [1.29, 1.82) is 5.26 Å². The molecule has 1 amide bonds. The summed E-state index contributed by atoms with van der Waals surface area (Å²) in [6.45, 7) is 10.6. The van der Waals surface area contributed by atoms with Gasteiger partial charge in [0.15, 0.2) is 0 Å². The third-order valence-corrected chi connectivity index (χ3v) is 5.50. The Kier molecular flexibility index (Phi) is 5.85. The van der Waals surface area contributed by atoms with Crippen molar-refractivity contribution in [2.75, 3.05) is 26.2 Å². The molecule has 0 saturated carbocycles. The second kappa shape index (κ2) is 8.15. The first-order valence-corrected chi connectivity index (χ1v) is 9.71. The molecule has 1 fully saturated rings. The highest BCUT2D eigenvalue weighted by Gasteiger charge is 2.29. The van der Waals surface area contributed by atoms with Crippen LogP contribution in [0, 0.1) is 36.9 Å². The normalized spacial score (nSPS) is 16.2. The molecule has 2 aromatic rings. The van der Waals surface area contributed by atoms with Gasteiger partial charge >= 0.3 is 0 Å². The Morgan fingerprint density at radius 3 is 2.25 bits per heavy atom. The van der Waals surface area contributed by atoms with E-state index in [9.17, 15) is 14.4 Å². The highest BCUT2D eigenvalue weighted by atomic mass is 19.1. The van der Waals surface area contributed by atoms with E-state index in [1.165, 1.54) is 12.1 Å². The molecule has 0 spiro atoms. The predicted octanol–water partition coefficient (Wildman–Crippen LogP) is 3.54. The summed E-state index contributed by atoms with van der Waals surface area (Å²) < 4.78 is 15.2. The first-order chi connectivity index (χ1) is 13.3. The number of carbonyl (C=O) groups is 1. The van der Waals surface area contributed by atoms with Gasteiger partial charge in [-0.2, -0.15) is 5.26 Å². The first-order valence-electron chi connectivity index (χ1n) is 9.71. The third-order valence-electron chi connectivity index (χ3n) is 5.50. The van der Waals surface area contributed by atoms with E-state index in [0.717, 1.165) is 17.1 Å². The Bertz CT molecular complexity index is 886. The maximum absolute atomic E-state index is 13.2. The van der Waals surface area contributed by atoms with Crippen molar-refractivity contribution in [2.45, 2.75) is 33.7 Å². The molecule has 1 aliphatic rings. The van der Waals surface area contributed by atoms with Gasteiger partial charge < -0.3 is 9.47 Å². The number of nitrogens with zero attached hydrogens (tertiary/aromatic N) is 4. The van der Waals surface area contributed by atoms with Crippen molar-refractivity contribution in [1.82, 2.24) is 14.4 Å². The monoisotopic (exact) mass is 382 g/mol. The van der Waals surface area contributed by atoms with Crippen molar-refractivity contribution >= 4 is 5.91 Å². The Hall–Kier alpha value is -2.65. The Morgan fingerprint density at radius 2 is 1.71 bits per heavy atom. The molecule has 5 nitrogen and oxygen atoms in total. The van der Waals surface area contributed by atoms with Gasteiger partial charge in [0.2, 0.25) is 0 Å². The van der Waals surface area contributed by atoms with Crippen molar-refractivity contribution in [3.05, 3.63) is 53.1 Å². The van der Waals surface area contributed by atoms with Crippen LogP contribution in [0.1, 0.15) is 35.6 Å². The van der Waals surface area contributed by atoms with Crippen molar-refractivity contribution < 1.29 is 9.18 Å². The third kappa shape index (κ3) is 3.81. The topological polar surface area (TPSA) is 52.3 Å². The number of halogens is 1. The van der Waals surface area contributed by atoms with Crippen molar-refractivity contribution in [3.63, 3.8) is 0 Å². The zero-order chi connectivity index (χ0) is 20.4. The number of carbonyl (C=O) groups excluding carboxylic acids is 1. The molecule has 0 bridgehead atoms. The van der Waals surface area contributed by atoms with Crippen LogP contribution in [0.25, 0.3) is 5.69 Å². The van der Waals surface area contributed by atoms with Gasteiger partial charge in [-0.3, -0.25) is 9.69 Å². The van der Waals surface area contributed by atoms with Gasteiger partial charge in [-0.25, -0.2) is 4.39 Å². The van der Waals surface area contributed by atoms with Crippen molar-refractivity contribution in [3.8, 4) is 11.8 Å². The van der Waals surface area contributed by atoms with Crippen LogP contribution in [0.5, 0.6) is 0 Å². The van der Waals surface area contributed by atoms with E-state index in [1.54, 1.807) is 12.1 Å². The van der Waals surface area contributed by atoms with Crippen LogP contribution in [0.2, 0.25) is 0 Å². The second-order valence-electron chi connectivity index (χ2n) is 7.74. The molecule has 1 aliphatic heterocycles. The molecule has 6 heteroatoms. The number of rotatable bonds is 4. The zero-order valence-corrected chi connectivity index (χ0v) is 16.9. The lowest BCUT2D eigenvalue weighted by Crippen LogP contribution is -2.52. The highest BCUT2D eigenvalue weighted by Crippen LogP contribution is 2.23. The van der Waals surface area contributed by atoms with E-state index in [-0.39, 0.29) is 23.7 Å². The Balaban J connectivity index is 1.77. The number of aryl methyl sites for hydroxylation is 1. The second-order valence-corrected chi connectivity index (χ2v) is 7.74. The van der Waals surface area contributed by atoms with Gasteiger partial charge in [0.1, 0.15) is 11.9 Å². The molecule has 0 aliphatic carbocycles. The lowest BCUT2D eigenvalue weighted by Gasteiger charge is -2.38. The van der Waals surface area contributed by atoms with Gasteiger partial charge in [0, 0.05) is 43.3 Å². The fraction of sp³-hybridized carbons (Fsp3) is 0.455. The molecular weight excluding hydrogens is 355 g/mol. The summed E-state index contributed by atoms with van der Waals surface area (Å²) in [5.74, 6) is -0.00138. The summed E-state index contributed by atoms with van der Waals surface area (Å²) in [6.07, 6.45) is 0. The Labute approximate surface area is 166 Å². The molecule has 1 aromatic heterocycles. The minimum Gasteiger partial charge on any atom is -0.336 e. The first kappa shape index (κ1) is 20.1. The summed E-state index contributed by atoms with van der Waals surface area (Å²) in [4.78, 5) is 17.1. The van der Waals surface area contributed by atoms with Gasteiger partial charge in [0.05, 0.1) is 11.6 Å². The summed E-state index contributed by atoms with van der Waals surface area (Å²) in [5.41, 5.74) is 3.31. The molecule has 1 aromatic carbocycles. The molecule has 3 rings (SSSR count). The molecule has 1 unspecified atom stereocenters. The van der Waals surface area contributed by atoms with Gasteiger partial charge in [-0.1, -0.05) is 13.8 Å². The average molecular weight is 382 g/mol. The van der Waals surface area contributed by atoms with E-state index in [2.05, 4.69) is 24.8 Å². The fourth-order valence-corrected chi connectivity index (χ4v) is 3.99. The number of aromatic nitrogens is 1. The SMILES string of the molecule is Cc1cc(C(=O)N2CCN(C(C#N)C(C)C)CC2)c(C)n1-c1ccc(F)cc1. The quantitative estimate of drug-likeness (QED) is 0.813. The summed E-state index contributed by atoms with van der Waals surface area (Å²) in [5, 5.41) is 9.40. The summed E-state index contributed by atoms with van der Waals surface area (Å²) in [6, 6.07) is 10.5. The molecule has 0 N–H and O–H groups in total. The molecule has 0 radical (unpaired) electrons. The van der Waals surface area contributed by atoms with E-state index in [4.69, 9.17) is 0 Å². The van der Waals surface area contributed by atoms with E-state index in [0.29, 0.717) is 31.7 Å². The zero-order valence-electron chi connectivity index (χ0n) is 16.9. The highest BCUT2D eigenvalue weighted by molar-refractivity contribution is 5.96. The minimum absolute atomic E-state index is 0.0131. The number of benzene rings is 1. The number of hydrogen-bond donors (Lipinski definition) is 0. The van der Waals surface area contributed by atoms with Crippen LogP contribution in [-0.4, -0.2) is 52.5 Å². The lowest BCUT2D eigenvalue weighted by molar-refractivity contribution is 0.0576. The smallest absolute Gasteiger partial charge is 0.255 e. The fourth-order valence-electron chi connectivity index (χ4n) is 3.99. The number of hydrogen-bond acceptors (Lipinski definition) is 3. The number of amides is 1. The standard InChI is InChI=1S/C22H27FN4O/c1-15(2)21(14-24)25-9-11-26(12-10-25)22(28)20-13-16(3)27(17(20)4)19-7-5-18(23)6-8-19/h5-8,13,15,21H,9-12H2,1-4H3. The van der Waals surface area contributed by atoms with Gasteiger partial charge in [-0.05, 0) is 50.1 Å². The largest absolute Gasteiger partial charge is 0.336 e. The van der Waals surface area contributed by atoms with Crippen LogP contribution >= 0.6 is 0 Å². The van der Waals surface area contributed by atoms with Crippen LogP contribution in [0.4, 0.5) is 4.39 Å². The summed E-state index contributed by atoms with van der Waals surface area (Å²) in [7, 11) is 0. The van der Waals surface area contributed by atoms with E-state index >= 15 is 0 Å². The molecular formula is C22H27FN4O. The number of nitriles is 1. The minimum atomic E-state index is -0.280. The van der Waals surface area contributed by atoms with Crippen LogP contribution in [0.3, 0.4) is 0 Å². The number of piperazine rings is 1. The molecule has 1 saturated heterocycles. The lowest BCUT2D eigenvalue weighted by atomic mass is 10.0. The Morgan fingerprint density at radius 1 is 1.11 bits per heavy atom. The van der Waals surface area contributed by atoms with E-state index in [1.807, 2.05) is 29.4 Å².